The Labute approximate surface area is 184 Å². The molecule has 2 aliphatic heterocycles. The Kier molecular flexibility index (Phi) is 7.15. The van der Waals surface area contributed by atoms with Gasteiger partial charge in [-0.05, 0) is 80.6 Å². The van der Waals surface area contributed by atoms with Crippen molar-refractivity contribution < 1.29 is 19.4 Å². The van der Waals surface area contributed by atoms with Crippen molar-refractivity contribution in [1.82, 2.24) is 9.80 Å². The molecule has 1 unspecified atom stereocenters. The number of hydrogen-bond acceptors (Lipinski definition) is 3. The predicted molar refractivity (Wildman–Crippen MR) is 120 cm³/mol. The highest BCUT2D eigenvalue weighted by molar-refractivity contribution is 5.80. The maximum absolute atomic E-state index is 12.7. The lowest BCUT2D eigenvalue weighted by Gasteiger charge is -2.31. The van der Waals surface area contributed by atoms with Gasteiger partial charge in [0.2, 0.25) is 5.91 Å². The molecule has 168 valence electrons. The number of ether oxygens (including phenoxy) is 1. The molecule has 0 bridgehead atoms. The predicted octanol–water partition coefficient (Wildman–Crippen LogP) is 4.65. The fourth-order valence-corrected chi connectivity index (χ4v) is 4.96. The van der Waals surface area contributed by atoms with Crippen LogP contribution in [-0.4, -0.2) is 59.7 Å². The van der Waals surface area contributed by atoms with E-state index in [-0.39, 0.29) is 5.92 Å². The zero-order valence-electron chi connectivity index (χ0n) is 18.3. The molecule has 0 saturated carbocycles. The van der Waals surface area contributed by atoms with E-state index in [2.05, 4.69) is 23.1 Å². The number of piperidine rings is 2. The van der Waals surface area contributed by atoms with Gasteiger partial charge in [0.1, 0.15) is 5.75 Å². The van der Waals surface area contributed by atoms with Crippen LogP contribution in [0.1, 0.15) is 56.9 Å². The van der Waals surface area contributed by atoms with Crippen molar-refractivity contribution in [3.8, 4) is 5.75 Å². The first-order chi connectivity index (χ1) is 15.1. The summed E-state index contributed by atoms with van der Waals surface area (Å²) in [6, 6.07) is 8.27. The lowest BCUT2D eigenvalue weighted by molar-refractivity contribution is -0.136. The van der Waals surface area contributed by atoms with Gasteiger partial charge in [0.15, 0.2) is 0 Å². The van der Waals surface area contributed by atoms with Crippen LogP contribution < -0.4 is 4.74 Å². The summed E-state index contributed by atoms with van der Waals surface area (Å²) in [7, 11) is 0. The second-order valence-corrected chi connectivity index (χ2v) is 9.13. The fourth-order valence-electron chi connectivity index (χ4n) is 4.96. The molecule has 2 heterocycles. The van der Waals surface area contributed by atoms with Crippen molar-refractivity contribution in [1.29, 1.82) is 0 Å². The number of rotatable bonds is 5. The molecule has 6 nitrogen and oxygen atoms in total. The van der Waals surface area contributed by atoms with E-state index >= 15 is 0 Å². The standard InChI is InChI=1S/C25H34N2O4/c28-24(26-14-2-1-3-15-26)22-6-4-20(5-7-22)21-8-10-23(11-9-21)31-18-19-12-16-27(17-13-19)25(29)30/h4,8-11,19,22H,1-3,5-7,12-18H2,(H,29,30). The molecule has 0 aromatic heterocycles. The van der Waals surface area contributed by atoms with Gasteiger partial charge in [-0.25, -0.2) is 4.79 Å². The van der Waals surface area contributed by atoms with Crippen LogP contribution in [-0.2, 0) is 4.79 Å². The Morgan fingerprint density at radius 2 is 1.65 bits per heavy atom. The molecule has 6 heteroatoms. The van der Waals surface area contributed by atoms with Crippen LogP contribution in [0.5, 0.6) is 5.75 Å². The zero-order chi connectivity index (χ0) is 21.6. The molecule has 2 saturated heterocycles. The second-order valence-electron chi connectivity index (χ2n) is 9.13. The maximum atomic E-state index is 12.7. The van der Waals surface area contributed by atoms with Gasteiger partial charge in [-0.15, -0.1) is 0 Å². The third-order valence-corrected chi connectivity index (χ3v) is 7.02. The molecular formula is C25H34N2O4. The summed E-state index contributed by atoms with van der Waals surface area (Å²) in [6.07, 6.45) is 9.42. The molecule has 3 aliphatic rings. The molecular weight excluding hydrogens is 392 g/mol. The highest BCUT2D eigenvalue weighted by atomic mass is 16.5. The van der Waals surface area contributed by atoms with Crippen LogP contribution >= 0.6 is 0 Å². The number of carbonyl (C=O) groups is 2. The van der Waals surface area contributed by atoms with Crippen molar-refractivity contribution in [2.45, 2.75) is 51.4 Å². The average molecular weight is 427 g/mol. The fraction of sp³-hybridized carbons (Fsp3) is 0.600. The summed E-state index contributed by atoms with van der Waals surface area (Å²) in [5, 5.41) is 9.04. The zero-order valence-corrected chi connectivity index (χ0v) is 18.3. The van der Waals surface area contributed by atoms with Crippen molar-refractivity contribution in [2.75, 3.05) is 32.8 Å². The van der Waals surface area contributed by atoms with Crippen LogP contribution in [0.4, 0.5) is 4.79 Å². The van der Waals surface area contributed by atoms with Crippen molar-refractivity contribution in [3.05, 3.63) is 35.9 Å². The molecule has 0 radical (unpaired) electrons. The van der Waals surface area contributed by atoms with Gasteiger partial charge < -0.3 is 19.6 Å². The monoisotopic (exact) mass is 426 g/mol. The number of carboxylic acid groups (broad SMARTS) is 1. The first-order valence-electron chi connectivity index (χ1n) is 11.8. The van der Waals surface area contributed by atoms with Gasteiger partial charge in [-0.1, -0.05) is 18.2 Å². The highest BCUT2D eigenvalue weighted by Crippen LogP contribution is 2.32. The third-order valence-electron chi connectivity index (χ3n) is 7.02. The maximum Gasteiger partial charge on any atom is 0.407 e. The lowest BCUT2D eigenvalue weighted by Crippen LogP contribution is -2.40. The number of amides is 2. The van der Waals surface area contributed by atoms with Crippen LogP contribution in [0.3, 0.4) is 0 Å². The van der Waals surface area contributed by atoms with E-state index in [1.54, 1.807) is 0 Å². The van der Waals surface area contributed by atoms with Gasteiger partial charge in [-0.2, -0.15) is 0 Å². The minimum absolute atomic E-state index is 0.150. The molecule has 1 aromatic rings. The molecule has 1 aliphatic carbocycles. The van der Waals surface area contributed by atoms with E-state index in [4.69, 9.17) is 9.84 Å². The van der Waals surface area contributed by atoms with Crippen LogP contribution in [0, 0.1) is 11.8 Å². The molecule has 1 atom stereocenters. The summed E-state index contributed by atoms with van der Waals surface area (Å²) in [5.41, 5.74) is 2.54. The Morgan fingerprint density at radius 1 is 0.935 bits per heavy atom. The van der Waals surface area contributed by atoms with Gasteiger partial charge in [0.05, 0.1) is 6.61 Å². The number of allylic oxidation sites excluding steroid dienone is 2. The van der Waals surface area contributed by atoms with E-state index < -0.39 is 6.09 Å². The van der Waals surface area contributed by atoms with Crippen LogP contribution in [0.25, 0.3) is 5.57 Å². The minimum Gasteiger partial charge on any atom is -0.493 e. The summed E-state index contributed by atoms with van der Waals surface area (Å²) >= 11 is 0. The molecule has 31 heavy (non-hydrogen) atoms. The molecule has 1 aromatic carbocycles. The number of benzene rings is 1. The Hall–Kier alpha value is -2.50. The normalized spacial score (nSPS) is 22.7. The van der Waals surface area contributed by atoms with Crippen molar-refractivity contribution in [3.63, 3.8) is 0 Å². The summed E-state index contributed by atoms with van der Waals surface area (Å²) in [6.45, 7) is 3.70. The average Bonchev–Trinajstić information content (AvgIpc) is 2.83. The molecule has 2 fully saturated rings. The lowest BCUT2D eigenvalue weighted by atomic mass is 9.85. The number of carbonyl (C=O) groups excluding carboxylic acids is 1. The Morgan fingerprint density at radius 3 is 2.26 bits per heavy atom. The number of likely N-dealkylation sites (tertiary alicyclic amines) is 2. The van der Waals surface area contributed by atoms with Crippen molar-refractivity contribution in [2.24, 2.45) is 11.8 Å². The van der Waals surface area contributed by atoms with Gasteiger partial charge in [0, 0.05) is 32.1 Å². The largest absolute Gasteiger partial charge is 0.493 e. The van der Waals surface area contributed by atoms with E-state index in [1.807, 2.05) is 12.1 Å². The smallest absolute Gasteiger partial charge is 0.407 e. The summed E-state index contributed by atoms with van der Waals surface area (Å²) in [4.78, 5) is 27.3. The molecule has 2 amide bonds. The van der Waals surface area contributed by atoms with Crippen molar-refractivity contribution >= 4 is 17.6 Å². The van der Waals surface area contributed by atoms with Gasteiger partial charge in [0.25, 0.3) is 0 Å². The topological polar surface area (TPSA) is 70.1 Å². The number of hydrogen-bond donors (Lipinski definition) is 1. The van der Waals surface area contributed by atoms with Crippen LogP contribution in [0.15, 0.2) is 30.3 Å². The Bertz CT molecular complexity index is 790. The van der Waals surface area contributed by atoms with E-state index in [0.29, 0.717) is 31.5 Å². The minimum atomic E-state index is -0.825. The van der Waals surface area contributed by atoms with E-state index in [9.17, 15) is 9.59 Å². The van der Waals surface area contributed by atoms with Gasteiger partial charge in [-0.3, -0.25) is 4.79 Å². The SMILES string of the molecule is O=C(O)N1CCC(COc2ccc(C3=CCC(C(=O)N4CCCCC4)CC3)cc2)CC1. The van der Waals surface area contributed by atoms with E-state index in [1.165, 1.54) is 22.5 Å². The quantitative estimate of drug-likeness (QED) is 0.744. The molecule has 4 rings (SSSR count). The summed E-state index contributed by atoms with van der Waals surface area (Å²) in [5.74, 6) is 1.77. The third kappa shape index (κ3) is 5.60. The first-order valence-corrected chi connectivity index (χ1v) is 11.8. The molecule has 1 N–H and O–H groups in total. The molecule has 0 spiro atoms. The second kappa shape index (κ2) is 10.2. The van der Waals surface area contributed by atoms with Gasteiger partial charge >= 0.3 is 6.09 Å². The number of nitrogens with zero attached hydrogens (tertiary/aromatic N) is 2. The van der Waals surface area contributed by atoms with Crippen LogP contribution in [0.2, 0.25) is 0 Å². The van der Waals surface area contributed by atoms with E-state index in [0.717, 1.165) is 63.8 Å². The highest BCUT2D eigenvalue weighted by Gasteiger charge is 2.27. The first kappa shape index (κ1) is 21.7. The summed E-state index contributed by atoms with van der Waals surface area (Å²) < 4.78 is 5.96. The Balaban J connectivity index is 1.24.